The number of primary amides is 1. The number of carbonyl (C=O) groups is 7. The molecule has 2 bridgehead atoms. The Morgan fingerprint density at radius 1 is 0.908 bits per heavy atom. The number of benzene rings is 1. The van der Waals surface area contributed by atoms with E-state index in [0.29, 0.717) is 147 Å². The Hall–Kier alpha value is -5.29. The number of hydrogen-bond acceptors (Lipinski definition) is 16. The van der Waals surface area contributed by atoms with E-state index in [0.717, 1.165) is 5.56 Å². The monoisotopic (exact) mass is 1080 g/mol. The quantitative estimate of drug-likeness (QED) is 0.0289. The Bertz CT molecular complexity index is 2090. The summed E-state index contributed by atoms with van der Waals surface area (Å²) in [5.41, 5.74) is 18.5. The van der Waals surface area contributed by atoms with Crippen molar-refractivity contribution in [1.82, 2.24) is 36.3 Å². The number of aliphatic imine (C=N–C) groups is 1. The van der Waals surface area contributed by atoms with Crippen LogP contribution < -0.4 is 38.5 Å². The average molecular weight is 1080 g/mol. The number of nitrogens with zero attached hydrogens (tertiary/aromatic N) is 4. The van der Waals surface area contributed by atoms with E-state index in [1.54, 1.807) is 28.9 Å². The number of carbonyl (C=O) groups excluding carboxylic acids is 7. The Morgan fingerprint density at radius 3 is 2.39 bits per heavy atom. The highest BCUT2D eigenvalue weighted by molar-refractivity contribution is 7.99. The van der Waals surface area contributed by atoms with Gasteiger partial charge in [0.1, 0.15) is 23.1 Å². The lowest BCUT2D eigenvalue weighted by Gasteiger charge is -2.25. The molecule has 0 saturated heterocycles. The molecule has 0 spiro atoms. The van der Waals surface area contributed by atoms with Crippen LogP contribution in [0, 0.1) is 17.8 Å². The smallest absolute Gasteiger partial charge is 0.234 e. The van der Waals surface area contributed by atoms with Crippen molar-refractivity contribution in [2.75, 3.05) is 64.6 Å². The second kappa shape index (κ2) is 38.3. The van der Waals surface area contributed by atoms with E-state index in [2.05, 4.69) is 36.6 Å². The number of amides is 3. The summed E-state index contributed by atoms with van der Waals surface area (Å²) in [6.07, 6.45) is 12.2. The van der Waals surface area contributed by atoms with E-state index in [4.69, 9.17) is 26.7 Å². The zero-order valence-electron chi connectivity index (χ0n) is 45.4. The highest BCUT2D eigenvalue weighted by atomic mass is 32.2. The molecule has 11 N–H and O–H groups in total. The van der Waals surface area contributed by atoms with Crippen molar-refractivity contribution >= 4 is 58.6 Å². The van der Waals surface area contributed by atoms with Gasteiger partial charge in [0.15, 0.2) is 11.7 Å². The van der Waals surface area contributed by atoms with Crippen LogP contribution in [0.15, 0.2) is 35.5 Å². The Labute approximate surface area is 453 Å². The molecule has 1 aromatic heterocycles. The number of ether oxygens (including phenoxy) is 2. The van der Waals surface area contributed by atoms with Crippen molar-refractivity contribution in [3.05, 3.63) is 41.7 Å². The number of thioether (sulfide) groups is 1. The SMILES string of the molecule is CC[C@H](C)[C@@H]1NC(=O)CCc2cn(nn2)CCCC[C@@H](C(=O)CC[C@@H](CCCN=C(N)N)CN[C@@H](Cc2ccc(O)cc2)C(N)=O)NCC(=O)[C@H](CCCCNC(=O)CCOCCOCCCC(=O)CSC)CCC1=O. The van der Waals surface area contributed by atoms with E-state index in [1.807, 2.05) is 26.3 Å². The number of Topliss-reactive ketones (excluding diaryl/α,β-unsaturated/α-hetero) is 4. The van der Waals surface area contributed by atoms with Crippen molar-refractivity contribution in [1.29, 1.82) is 0 Å². The van der Waals surface area contributed by atoms with Gasteiger partial charge in [-0.15, -0.1) is 5.10 Å². The third-order valence-electron chi connectivity index (χ3n) is 13.7. The zero-order chi connectivity index (χ0) is 55.5. The van der Waals surface area contributed by atoms with Gasteiger partial charge in [-0.1, -0.05) is 44.0 Å². The number of ketones is 4. The molecule has 0 fully saturated rings. The average Bonchev–Trinajstić information content (AvgIpc) is 3.85. The number of unbranched alkanes of at least 4 members (excludes halogenated alkanes) is 1. The lowest BCUT2D eigenvalue weighted by Crippen LogP contribution is -2.45. The first-order valence-electron chi connectivity index (χ1n) is 27.4. The third kappa shape index (κ3) is 28.2. The van der Waals surface area contributed by atoms with Crippen LogP contribution in [0.2, 0.25) is 0 Å². The van der Waals surface area contributed by atoms with Crippen LogP contribution in [0.25, 0.3) is 0 Å². The molecule has 22 heteroatoms. The van der Waals surface area contributed by atoms with Crippen LogP contribution in [0.3, 0.4) is 0 Å². The van der Waals surface area contributed by atoms with Gasteiger partial charge in [-0.25, -0.2) is 0 Å². The Kier molecular flexibility index (Phi) is 32.7. The van der Waals surface area contributed by atoms with E-state index in [1.165, 1.54) is 11.8 Å². The molecule has 1 aliphatic rings. The number of aromatic hydroxyl groups is 1. The fraction of sp³-hybridized carbons (Fsp3) is 0.704. The van der Waals surface area contributed by atoms with Crippen LogP contribution >= 0.6 is 11.8 Å². The number of hydrogen-bond donors (Lipinski definition) is 8. The summed E-state index contributed by atoms with van der Waals surface area (Å²) in [6, 6.07) is 4.50. The standard InChI is InChI=1S/C54H89N11O10S/c1-4-38(2)52-48(69)23-18-41(12-5-7-26-58-50(71)25-30-75-32-31-74-29-10-13-44(67)37-76-3)49(70)35-61-45(14-6-8-28-65-36-42(63-64-65)19-24-51(72)62-52)47(68)22-17-40(11-9-27-59-54(56)57)34-60-46(53(55)73)33-39-15-20-43(66)21-16-39/h15-16,20-21,36,38,40-41,45-46,52,60-61,66H,4-14,17-19,22-35,37H2,1-3H3,(H2,55,73)(H,58,71)(H,62,72)(H4,56,57,59)/t38-,40+,41+,45-,46-,52-/m0/s1. The normalized spacial score (nSPS) is 18.5. The molecule has 0 aliphatic carbocycles. The van der Waals surface area contributed by atoms with Crippen molar-refractivity contribution in [3.8, 4) is 5.75 Å². The summed E-state index contributed by atoms with van der Waals surface area (Å²) in [5.74, 6) is -1.17. The highest BCUT2D eigenvalue weighted by Gasteiger charge is 2.29. The maximum atomic E-state index is 14.3. The van der Waals surface area contributed by atoms with Crippen LogP contribution in [0.4, 0.5) is 0 Å². The second-order valence-electron chi connectivity index (χ2n) is 20.0. The van der Waals surface area contributed by atoms with Gasteiger partial charge in [0.05, 0.1) is 55.9 Å². The predicted octanol–water partition coefficient (Wildman–Crippen LogP) is 3.25. The Balaban J connectivity index is 1.70. The summed E-state index contributed by atoms with van der Waals surface area (Å²) in [7, 11) is 0. The minimum absolute atomic E-state index is 0.0167. The number of phenolic OH excluding ortho intramolecular Hbond substituents is 1. The first kappa shape index (κ1) is 65.0. The number of guanidine groups is 1. The van der Waals surface area contributed by atoms with Crippen LogP contribution in [0.5, 0.6) is 5.75 Å². The summed E-state index contributed by atoms with van der Waals surface area (Å²) in [5, 5.41) is 30.8. The number of fused-ring (bicyclic) bond motifs is 2. The van der Waals surface area contributed by atoms with Gasteiger partial charge in [-0.2, -0.15) is 11.8 Å². The molecule has 1 aromatic carbocycles. The van der Waals surface area contributed by atoms with Crippen molar-refractivity contribution < 1.29 is 48.1 Å². The van der Waals surface area contributed by atoms with Crippen LogP contribution in [-0.4, -0.2) is 150 Å². The first-order chi connectivity index (χ1) is 36.6. The molecular weight excluding hydrogens is 995 g/mol. The zero-order valence-corrected chi connectivity index (χ0v) is 46.2. The van der Waals surface area contributed by atoms with Gasteiger partial charge in [0.2, 0.25) is 17.7 Å². The van der Waals surface area contributed by atoms with Crippen molar-refractivity contribution in [2.45, 2.75) is 161 Å². The highest BCUT2D eigenvalue weighted by Crippen LogP contribution is 2.22. The number of aryl methyl sites for hydroxylation is 2. The van der Waals surface area contributed by atoms with Crippen molar-refractivity contribution in [3.63, 3.8) is 0 Å². The van der Waals surface area contributed by atoms with Gasteiger partial charge >= 0.3 is 0 Å². The fourth-order valence-electron chi connectivity index (χ4n) is 8.96. The van der Waals surface area contributed by atoms with E-state index in [-0.39, 0.29) is 104 Å². The van der Waals surface area contributed by atoms with Gasteiger partial charge < -0.3 is 53.0 Å². The summed E-state index contributed by atoms with van der Waals surface area (Å²) >= 11 is 1.51. The molecule has 76 heavy (non-hydrogen) atoms. The minimum Gasteiger partial charge on any atom is -0.508 e. The lowest BCUT2D eigenvalue weighted by molar-refractivity contribution is -0.129. The molecule has 0 unspecified atom stereocenters. The van der Waals surface area contributed by atoms with Gasteiger partial charge in [0.25, 0.3) is 0 Å². The molecule has 3 rings (SSSR count). The van der Waals surface area contributed by atoms with E-state index < -0.39 is 30.0 Å². The maximum absolute atomic E-state index is 14.3. The summed E-state index contributed by atoms with van der Waals surface area (Å²) < 4.78 is 12.8. The molecule has 2 aromatic rings. The number of aromatic nitrogens is 3. The first-order valence-corrected chi connectivity index (χ1v) is 28.8. The molecule has 3 amide bonds. The molecule has 426 valence electrons. The molecule has 0 saturated carbocycles. The minimum atomic E-state index is -0.723. The van der Waals surface area contributed by atoms with Crippen LogP contribution in [0.1, 0.15) is 134 Å². The molecular formula is C54H89N11O10S. The topological polar surface area (TPSA) is 327 Å². The second-order valence-corrected chi connectivity index (χ2v) is 20.8. The van der Waals surface area contributed by atoms with E-state index >= 15 is 0 Å². The van der Waals surface area contributed by atoms with Gasteiger partial charge in [-0.3, -0.25) is 43.2 Å². The molecule has 2 heterocycles. The summed E-state index contributed by atoms with van der Waals surface area (Å²) in [6.45, 7) is 6.95. The van der Waals surface area contributed by atoms with Crippen molar-refractivity contribution in [2.24, 2.45) is 39.9 Å². The number of phenols is 1. The third-order valence-corrected chi connectivity index (χ3v) is 14.4. The van der Waals surface area contributed by atoms with Gasteiger partial charge in [0, 0.05) is 76.9 Å². The Morgan fingerprint density at radius 2 is 1.67 bits per heavy atom. The van der Waals surface area contributed by atoms with Gasteiger partial charge in [-0.05, 0) is 113 Å². The number of nitrogens with two attached hydrogens (primary N) is 3. The predicted molar refractivity (Wildman–Crippen MR) is 294 cm³/mol. The number of rotatable bonds is 33. The van der Waals surface area contributed by atoms with Crippen LogP contribution in [-0.2, 0) is 62.4 Å². The molecule has 1 aliphatic heterocycles. The lowest BCUT2D eigenvalue weighted by atomic mass is 9.87. The maximum Gasteiger partial charge on any atom is 0.234 e. The number of nitrogens with one attached hydrogen (secondary N) is 4. The fourth-order valence-corrected chi connectivity index (χ4v) is 9.43. The molecule has 6 atom stereocenters. The largest absolute Gasteiger partial charge is 0.508 e. The molecule has 21 nitrogen and oxygen atoms in total. The summed E-state index contributed by atoms with van der Waals surface area (Å²) in [4.78, 5) is 96.6. The van der Waals surface area contributed by atoms with E-state index in [9.17, 15) is 38.7 Å². The molecule has 0 radical (unpaired) electrons.